The van der Waals surface area contributed by atoms with Gasteiger partial charge in [0.25, 0.3) is 0 Å². The van der Waals surface area contributed by atoms with E-state index in [1.165, 1.54) is 0 Å². The lowest BCUT2D eigenvalue weighted by Crippen LogP contribution is -2.06. The van der Waals surface area contributed by atoms with Crippen molar-refractivity contribution in [2.45, 2.75) is 26.4 Å². The Balaban J connectivity index is 3.01. The monoisotopic (exact) mass is 200 g/mol. The Kier molecular flexibility index (Phi) is 3.71. The topological polar surface area (TPSA) is 56.8 Å². The summed E-state index contributed by atoms with van der Waals surface area (Å²) in [7, 11) is 0. The van der Waals surface area contributed by atoms with Crippen LogP contribution in [0.15, 0.2) is 18.2 Å². The second-order valence-electron chi connectivity index (χ2n) is 3.44. The lowest BCUT2D eigenvalue weighted by molar-refractivity contribution is 0.241. The summed E-state index contributed by atoms with van der Waals surface area (Å²) in [5, 5.41) is 17.4. The second kappa shape index (κ2) is 5.02. The fraction of sp³-hybridized carbons (Fsp3) is 0.333. The molecule has 0 unspecified atom stereocenters. The molecule has 76 valence electrons. The molecule has 0 amide bonds. The minimum atomic E-state index is 0.0407. The summed E-state index contributed by atoms with van der Waals surface area (Å²) in [6.45, 7) is 3.81. The van der Waals surface area contributed by atoms with Crippen LogP contribution in [0, 0.1) is 22.7 Å². The van der Waals surface area contributed by atoms with Crippen molar-refractivity contribution in [3.8, 4) is 17.9 Å². The second-order valence-corrected chi connectivity index (χ2v) is 3.44. The van der Waals surface area contributed by atoms with Crippen LogP contribution in [-0.2, 0) is 6.42 Å². The summed E-state index contributed by atoms with van der Waals surface area (Å²) in [5.41, 5.74) is 1.32. The van der Waals surface area contributed by atoms with Gasteiger partial charge in [-0.15, -0.1) is 0 Å². The molecule has 0 aliphatic carbocycles. The first-order valence-electron chi connectivity index (χ1n) is 4.74. The van der Waals surface area contributed by atoms with E-state index in [0.29, 0.717) is 17.7 Å². The molecule has 0 radical (unpaired) electrons. The molecule has 3 heteroatoms. The maximum atomic E-state index is 8.91. The molecule has 0 spiro atoms. The Labute approximate surface area is 89.5 Å². The van der Waals surface area contributed by atoms with E-state index in [1.807, 2.05) is 26.0 Å². The summed E-state index contributed by atoms with van der Waals surface area (Å²) in [6, 6.07) is 9.35. The van der Waals surface area contributed by atoms with Crippen LogP contribution in [0.1, 0.15) is 25.0 Å². The first-order valence-corrected chi connectivity index (χ1v) is 4.74. The zero-order valence-electron chi connectivity index (χ0n) is 8.82. The van der Waals surface area contributed by atoms with Crippen molar-refractivity contribution in [1.29, 1.82) is 10.5 Å². The van der Waals surface area contributed by atoms with E-state index in [4.69, 9.17) is 15.3 Å². The van der Waals surface area contributed by atoms with Crippen molar-refractivity contribution in [2.75, 3.05) is 0 Å². The van der Waals surface area contributed by atoms with E-state index in [9.17, 15) is 0 Å². The summed E-state index contributed by atoms with van der Waals surface area (Å²) in [4.78, 5) is 0. The van der Waals surface area contributed by atoms with Gasteiger partial charge >= 0.3 is 0 Å². The minimum absolute atomic E-state index is 0.0407. The van der Waals surface area contributed by atoms with Crippen LogP contribution in [0.4, 0.5) is 0 Å². The van der Waals surface area contributed by atoms with E-state index >= 15 is 0 Å². The highest BCUT2D eigenvalue weighted by Crippen LogP contribution is 2.20. The van der Waals surface area contributed by atoms with Gasteiger partial charge in [0.05, 0.1) is 24.2 Å². The molecule has 1 aromatic carbocycles. The largest absolute Gasteiger partial charge is 0.490 e. The van der Waals surface area contributed by atoms with E-state index in [0.717, 1.165) is 5.56 Å². The molecule has 0 aliphatic rings. The van der Waals surface area contributed by atoms with E-state index < -0.39 is 0 Å². The molecule has 0 heterocycles. The molecular formula is C12H12N2O. The molecule has 0 atom stereocenters. The maximum absolute atomic E-state index is 8.91. The summed E-state index contributed by atoms with van der Waals surface area (Å²) in [5.74, 6) is 0.578. The van der Waals surface area contributed by atoms with E-state index in [1.54, 1.807) is 12.1 Å². The average Bonchev–Trinajstić information content (AvgIpc) is 2.20. The van der Waals surface area contributed by atoms with Crippen LogP contribution < -0.4 is 4.74 Å². The smallest absolute Gasteiger partial charge is 0.137 e. The van der Waals surface area contributed by atoms with Crippen LogP contribution in [0.25, 0.3) is 0 Å². The zero-order chi connectivity index (χ0) is 11.3. The van der Waals surface area contributed by atoms with Gasteiger partial charge < -0.3 is 4.74 Å². The van der Waals surface area contributed by atoms with Crippen molar-refractivity contribution in [3.63, 3.8) is 0 Å². The van der Waals surface area contributed by atoms with Gasteiger partial charge in [-0.25, -0.2) is 0 Å². The SMILES string of the molecule is CC(C)Oc1ccc(CC#N)cc1C#N. The Morgan fingerprint density at radius 3 is 2.60 bits per heavy atom. The third-order valence-electron chi connectivity index (χ3n) is 1.81. The van der Waals surface area contributed by atoms with Crippen LogP contribution in [-0.4, -0.2) is 6.10 Å². The third kappa shape index (κ3) is 3.00. The first kappa shape index (κ1) is 11.1. The van der Waals surface area contributed by atoms with Gasteiger partial charge in [-0.2, -0.15) is 10.5 Å². The summed E-state index contributed by atoms with van der Waals surface area (Å²) < 4.78 is 5.46. The summed E-state index contributed by atoms with van der Waals surface area (Å²) >= 11 is 0. The van der Waals surface area contributed by atoms with Gasteiger partial charge in [0, 0.05) is 0 Å². The number of nitriles is 2. The number of benzene rings is 1. The molecule has 0 bridgehead atoms. The van der Waals surface area contributed by atoms with E-state index in [2.05, 4.69) is 6.07 Å². The van der Waals surface area contributed by atoms with Crippen LogP contribution in [0.2, 0.25) is 0 Å². The molecule has 0 aromatic heterocycles. The molecule has 0 aliphatic heterocycles. The zero-order valence-corrected chi connectivity index (χ0v) is 8.82. The highest BCUT2D eigenvalue weighted by atomic mass is 16.5. The molecule has 0 saturated heterocycles. The molecule has 0 N–H and O–H groups in total. The van der Waals surface area contributed by atoms with Crippen molar-refractivity contribution in [2.24, 2.45) is 0 Å². The highest BCUT2D eigenvalue weighted by Gasteiger charge is 2.06. The van der Waals surface area contributed by atoms with Gasteiger partial charge in [0.15, 0.2) is 0 Å². The quantitative estimate of drug-likeness (QED) is 0.752. The number of nitrogens with zero attached hydrogens (tertiary/aromatic N) is 2. The summed E-state index contributed by atoms with van der Waals surface area (Å²) in [6.07, 6.45) is 0.357. The van der Waals surface area contributed by atoms with Crippen molar-refractivity contribution in [1.82, 2.24) is 0 Å². The number of hydrogen-bond acceptors (Lipinski definition) is 3. The van der Waals surface area contributed by atoms with Gasteiger partial charge in [-0.1, -0.05) is 6.07 Å². The molecule has 1 rings (SSSR count). The van der Waals surface area contributed by atoms with Gasteiger partial charge in [-0.3, -0.25) is 0 Å². The molecule has 1 aromatic rings. The van der Waals surface area contributed by atoms with E-state index in [-0.39, 0.29) is 6.10 Å². The van der Waals surface area contributed by atoms with Gasteiger partial charge in [0.2, 0.25) is 0 Å². The number of rotatable bonds is 3. The Hall–Kier alpha value is -2.00. The first-order chi connectivity index (χ1) is 7.17. The van der Waals surface area contributed by atoms with Crippen LogP contribution in [0.3, 0.4) is 0 Å². The molecule has 0 saturated carbocycles. The normalized spacial score (nSPS) is 9.40. The van der Waals surface area contributed by atoms with Gasteiger partial charge in [0.1, 0.15) is 11.8 Å². The predicted octanol–water partition coefficient (Wildman–Crippen LogP) is 2.41. The minimum Gasteiger partial charge on any atom is -0.490 e. The van der Waals surface area contributed by atoms with Crippen molar-refractivity contribution < 1.29 is 4.74 Å². The molecule has 15 heavy (non-hydrogen) atoms. The molecule has 3 nitrogen and oxygen atoms in total. The van der Waals surface area contributed by atoms with Crippen molar-refractivity contribution in [3.05, 3.63) is 29.3 Å². The predicted molar refractivity (Wildman–Crippen MR) is 56.2 cm³/mol. The van der Waals surface area contributed by atoms with Gasteiger partial charge in [-0.05, 0) is 31.5 Å². The Bertz CT molecular complexity index is 424. The molecule has 0 fully saturated rings. The van der Waals surface area contributed by atoms with Crippen LogP contribution >= 0.6 is 0 Å². The fourth-order valence-corrected chi connectivity index (χ4v) is 1.22. The maximum Gasteiger partial charge on any atom is 0.137 e. The average molecular weight is 200 g/mol. The Morgan fingerprint density at radius 1 is 1.33 bits per heavy atom. The molecular weight excluding hydrogens is 188 g/mol. The number of ether oxygens (including phenoxy) is 1. The van der Waals surface area contributed by atoms with Crippen molar-refractivity contribution >= 4 is 0 Å². The fourth-order valence-electron chi connectivity index (χ4n) is 1.22. The lowest BCUT2D eigenvalue weighted by Gasteiger charge is -2.11. The van der Waals surface area contributed by atoms with Crippen LogP contribution in [0.5, 0.6) is 5.75 Å². The lowest BCUT2D eigenvalue weighted by atomic mass is 10.1. The number of hydrogen-bond donors (Lipinski definition) is 0. The standard InChI is InChI=1S/C12H12N2O/c1-9(2)15-12-4-3-10(5-6-13)7-11(12)8-14/h3-4,7,9H,5H2,1-2H3. The third-order valence-corrected chi connectivity index (χ3v) is 1.81. The Morgan fingerprint density at radius 2 is 2.07 bits per heavy atom. The highest BCUT2D eigenvalue weighted by molar-refractivity contribution is 5.46.